The van der Waals surface area contributed by atoms with Crippen molar-refractivity contribution in [2.75, 3.05) is 18.6 Å². The molecule has 0 amide bonds. The highest BCUT2D eigenvalue weighted by atomic mass is 32.2. The average molecular weight is 253 g/mol. The summed E-state index contributed by atoms with van der Waals surface area (Å²) in [4.78, 5) is 0. The van der Waals surface area contributed by atoms with Gasteiger partial charge in [-0.3, -0.25) is 0 Å². The zero-order valence-electron chi connectivity index (χ0n) is 11.2. The topological polar surface area (TPSA) is 21.3 Å². The zero-order valence-corrected chi connectivity index (χ0v) is 12.0. The Bertz CT molecular complexity index is 328. The molecule has 2 nitrogen and oxygen atoms in total. The van der Waals surface area contributed by atoms with Gasteiger partial charge in [-0.25, -0.2) is 0 Å². The molecule has 1 aromatic carbocycles. The van der Waals surface area contributed by atoms with Gasteiger partial charge in [-0.2, -0.15) is 11.8 Å². The predicted octanol–water partition coefficient (Wildman–Crippen LogP) is 3.49. The first-order valence-corrected chi connectivity index (χ1v) is 7.35. The van der Waals surface area contributed by atoms with Gasteiger partial charge in [0.25, 0.3) is 0 Å². The van der Waals surface area contributed by atoms with Gasteiger partial charge in [0.05, 0.1) is 6.10 Å². The predicted molar refractivity (Wildman–Crippen MR) is 77.0 cm³/mol. The molecule has 0 aliphatic heterocycles. The van der Waals surface area contributed by atoms with Crippen molar-refractivity contribution < 1.29 is 4.74 Å². The molecule has 0 fully saturated rings. The first-order valence-electron chi connectivity index (χ1n) is 6.19. The minimum atomic E-state index is 0.215. The van der Waals surface area contributed by atoms with Crippen molar-refractivity contribution in [1.29, 1.82) is 0 Å². The van der Waals surface area contributed by atoms with Crippen LogP contribution in [0.5, 0.6) is 5.75 Å². The summed E-state index contributed by atoms with van der Waals surface area (Å²) in [6, 6.07) is 8.66. The number of benzene rings is 1. The lowest BCUT2D eigenvalue weighted by atomic mass is 10.1. The number of hydrogen-bond donors (Lipinski definition) is 1. The molecule has 1 rings (SSSR count). The number of thioether (sulfide) groups is 1. The lowest BCUT2D eigenvalue weighted by Gasteiger charge is -2.21. The Morgan fingerprint density at radius 3 is 2.59 bits per heavy atom. The van der Waals surface area contributed by atoms with E-state index in [1.54, 1.807) is 0 Å². The second kappa shape index (κ2) is 7.62. The van der Waals surface area contributed by atoms with Crippen molar-refractivity contribution in [2.24, 2.45) is 0 Å². The van der Waals surface area contributed by atoms with E-state index >= 15 is 0 Å². The summed E-state index contributed by atoms with van der Waals surface area (Å²) in [7, 11) is 2.01. The second-order valence-corrected chi connectivity index (χ2v) is 5.52. The van der Waals surface area contributed by atoms with Gasteiger partial charge in [0.15, 0.2) is 0 Å². The van der Waals surface area contributed by atoms with Gasteiger partial charge >= 0.3 is 0 Å². The maximum Gasteiger partial charge on any atom is 0.124 e. The normalized spacial score (nSPS) is 12.8. The minimum Gasteiger partial charge on any atom is -0.491 e. The van der Waals surface area contributed by atoms with Crippen LogP contribution in [0.2, 0.25) is 0 Å². The molecule has 0 aromatic heterocycles. The standard InChI is InChI=1S/C14H23NOS/c1-5-17-10-13(15-4)12-8-6-7-9-14(12)16-11(2)3/h6-9,11,13,15H,5,10H2,1-4H3. The van der Waals surface area contributed by atoms with Crippen LogP contribution in [0.4, 0.5) is 0 Å². The molecule has 0 bridgehead atoms. The maximum atomic E-state index is 5.86. The van der Waals surface area contributed by atoms with Gasteiger partial charge < -0.3 is 10.1 Å². The third-order valence-corrected chi connectivity index (χ3v) is 3.47. The molecule has 17 heavy (non-hydrogen) atoms. The van der Waals surface area contributed by atoms with Crippen LogP contribution in [0.1, 0.15) is 32.4 Å². The highest BCUT2D eigenvalue weighted by molar-refractivity contribution is 7.99. The Hall–Kier alpha value is -0.670. The monoisotopic (exact) mass is 253 g/mol. The van der Waals surface area contributed by atoms with E-state index in [1.165, 1.54) is 5.56 Å². The van der Waals surface area contributed by atoms with Gasteiger partial charge in [0.1, 0.15) is 5.75 Å². The van der Waals surface area contributed by atoms with Crippen LogP contribution in [0, 0.1) is 0 Å². The fourth-order valence-electron chi connectivity index (χ4n) is 1.69. The number of ether oxygens (including phenoxy) is 1. The molecule has 1 unspecified atom stereocenters. The Balaban J connectivity index is 2.85. The van der Waals surface area contributed by atoms with E-state index in [-0.39, 0.29) is 6.10 Å². The molecule has 0 heterocycles. The average Bonchev–Trinajstić information content (AvgIpc) is 2.31. The summed E-state index contributed by atoms with van der Waals surface area (Å²) in [6.07, 6.45) is 0.215. The van der Waals surface area contributed by atoms with Crippen molar-refractivity contribution in [2.45, 2.75) is 32.9 Å². The fourth-order valence-corrected chi connectivity index (χ4v) is 2.51. The van der Waals surface area contributed by atoms with Crippen LogP contribution in [0.3, 0.4) is 0 Å². The lowest BCUT2D eigenvalue weighted by Crippen LogP contribution is -2.20. The maximum absolute atomic E-state index is 5.86. The molecule has 1 N–H and O–H groups in total. The molecule has 96 valence electrons. The van der Waals surface area contributed by atoms with Gasteiger partial charge in [0.2, 0.25) is 0 Å². The summed E-state index contributed by atoms with van der Waals surface area (Å²) < 4.78 is 5.86. The lowest BCUT2D eigenvalue weighted by molar-refractivity contribution is 0.238. The van der Waals surface area contributed by atoms with Gasteiger partial charge in [-0.15, -0.1) is 0 Å². The van der Waals surface area contributed by atoms with Crippen molar-refractivity contribution >= 4 is 11.8 Å². The van der Waals surface area contributed by atoms with Crippen LogP contribution in [0.25, 0.3) is 0 Å². The highest BCUT2D eigenvalue weighted by Crippen LogP contribution is 2.28. The van der Waals surface area contributed by atoms with Crippen molar-refractivity contribution in [3.05, 3.63) is 29.8 Å². The molecular formula is C14H23NOS. The second-order valence-electron chi connectivity index (χ2n) is 4.21. The third-order valence-electron chi connectivity index (χ3n) is 2.49. The van der Waals surface area contributed by atoms with E-state index in [0.717, 1.165) is 17.3 Å². The molecule has 3 heteroatoms. The largest absolute Gasteiger partial charge is 0.491 e. The van der Waals surface area contributed by atoms with E-state index < -0.39 is 0 Å². The molecule has 0 saturated heterocycles. The summed E-state index contributed by atoms with van der Waals surface area (Å²) in [5.74, 6) is 3.22. The number of para-hydroxylation sites is 1. The Labute approximate surface area is 109 Å². The molecule has 0 spiro atoms. The molecule has 0 saturated carbocycles. The first kappa shape index (κ1) is 14.4. The van der Waals surface area contributed by atoms with E-state index in [0.29, 0.717) is 6.04 Å². The first-order chi connectivity index (χ1) is 8.19. The van der Waals surface area contributed by atoms with Crippen LogP contribution in [0.15, 0.2) is 24.3 Å². The van der Waals surface area contributed by atoms with Crippen LogP contribution in [-0.4, -0.2) is 24.7 Å². The quantitative estimate of drug-likeness (QED) is 0.804. The third kappa shape index (κ3) is 4.60. The molecule has 0 radical (unpaired) electrons. The number of nitrogens with one attached hydrogen (secondary N) is 1. The van der Waals surface area contributed by atoms with Gasteiger partial charge in [-0.05, 0) is 32.7 Å². The van der Waals surface area contributed by atoms with Crippen molar-refractivity contribution in [1.82, 2.24) is 5.32 Å². The number of hydrogen-bond acceptors (Lipinski definition) is 3. The number of rotatable bonds is 7. The Morgan fingerprint density at radius 2 is 2.00 bits per heavy atom. The van der Waals surface area contributed by atoms with E-state index in [2.05, 4.69) is 44.3 Å². The molecular weight excluding hydrogens is 230 g/mol. The van der Waals surface area contributed by atoms with Gasteiger partial charge in [0, 0.05) is 17.4 Å². The molecule has 1 atom stereocenters. The smallest absolute Gasteiger partial charge is 0.124 e. The summed E-state index contributed by atoms with van der Waals surface area (Å²) in [5.41, 5.74) is 1.25. The molecule has 0 aliphatic carbocycles. The zero-order chi connectivity index (χ0) is 12.7. The Kier molecular flexibility index (Phi) is 6.45. The van der Waals surface area contributed by atoms with E-state index in [1.807, 2.05) is 24.9 Å². The van der Waals surface area contributed by atoms with Gasteiger partial charge in [-0.1, -0.05) is 25.1 Å². The molecule has 0 aliphatic rings. The van der Waals surface area contributed by atoms with Crippen LogP contribution < -0.4 is 10.1 Å². The summed E-state index contributed by atoms with van der Waals surface area (Å²) in [5, 5.41) is 3.37. The van der Waals surface area contributed by atoms with Crippen LogP contribution >= 0.6 is 11.8 Å². The van der Waals surface area contributed by atoms with E-state index in [4.69, 9.17) is 4.74 Å². The Morgan fingerprint density at radius 1 is 1.29 bits per heavy atom. The SMILES string of the molecule is CCSCC(NC)c1ccccc1OC(C)C. The fraction of sp³-hybridized carbons (Fsp3) is 0.571. The van der Waals surface area contributed by atoms with Crippen LogP contribution in [-0.2, 0) is 0 Å². The minimum absolute atomic E-state index is 0.215. The van der Waals surface area contributed by atoms with E-state index in [9.17, 15) is 0 Å². The summed E-state index contributed by atoms with van der Waals surface area (Å²) >= 11 is 1.95. The molecule has 1 aromatic rings. The summed E-state index contributed by atoms with van der Waals surface area (Å²) in [6.45, 7) is 6.31. The van der Waals surface area contributed by atoms with Crippen molar-refractivity contribution in [3.63, 3.8) is 0 Å². The highest BCUT2D eigenvalue weighted by Gasteiger charge is 2.14. The van der Waals surface area contributed by atoms with Crippen molar-refractivity contribution in [3.8, 4) is 5.75 Å².